The number of aromatic hydroxyl groups is 1. The van der Waals surface area contributed by atoms with Crippen molar-refractivity contribution in [2.24, 2.45) is 0 Å². The zero-order valence-corrected chi connectivity index (χ0v) is 16.9. The Hall–Kier alpha value is -3.22. The van der Waals surface area contributed by atoms with Gasteiger partial charge in [-0.2, -0.15) is 0 Å². The molecule has 0 aliphatic rings. The number of phenols is 1. The summed E-state index contributed by atoms with van der Waals surface area (Å²) in [6.07, 6.45) is 0.985. The zero-order valence-electron chi connectivity index (χ0n) is 16.1. The summed E-state index contributed by atoms with van der Waals surface area (Å²) in [7, 11) is 0. The van der Waals surface area contributed by atoms with Crippen molar-refractivity contribution in [3.8, 4) is 23.0 Å². The first-order chi connectivity index (χ1) is 14.5. The van der Waals surface area contributed by atoms with Gasteiger partial charge in [-0.25, -0.2) is 4.84 Å². The van der Waals surface area contributed by atoms with Gasteiger partial charge in [-0.15, -0.1) is 0 Å². The van der Waals surface area contributed by atoms with Crippen LogP contribution in [0.1, 0.15) is 11.1 Å². The van der Waals surface area contributed by atoms with Gasteiger partial charge in [-0.05, 0) is 77.9 Å². The average Bonchev–Trinajstić information content (AvgIpc) is 2.75. The van der Waals surface area contributed by atoms with Crippen molar-refractivity contribution < 1.29 is 24.5 Å². The van der Waals surface area contributed by atoms with Crippen molar-refractivity contribution in [1.29, 1.82) is 0 Å². The molecular formula is C23H22ClNO5. The largest absolute Gasteiger partial charge is 0.508 e. The van der Waals surface area contributed by atoms with E-state index in [1.54, 1.807) is 24.3 Å². The molecule has 0 heterocycles. The van der Waals surface area contributed by atoms with E-state index in [4.69, 9.17) is 26.4 Å². The van der Waals surface area contributed by atoms with Crippen LogP contribution < -0.4 is 14.3 Å². The van der Waals surface area contributed by atoms with E-state index in [1.807, 2.05) is 48.5 Å². The second kappa shape index (κ2) is 10.5. The molecule has 1 atom stereocenters. The Labute approximate surface area is 179 Å². The second-order valence-electron chi connectivity index (χ2n) is 6.69. The molecular weight excluding hydrogens is 406 g/mol. The monoisotopic (exact) mass is 427 g/mol. The summed E-state index contributed by atoms with van der Waals surface area (Å²) in [6.45, 7) is 0.489. The van der Waals surface area contributed by atoms with E-state index < -0.39 is 12.0 Å². The van der Waals surface area contributed by atoms with Crippen molar-refractivity contribution in [2.75, 3.05) is 6.61 Å². The second-order valence-corrected chi connectivity index (χ2v) is 6.91. The first kappa shape index (κ1) is 21.5. The number of phenolic OH excluding ortho intramolecular Hbond substituents is 1. The lowest BCUT2D eigenvalue weighted by atomic mass is 10.1. The number of halogens is 1. The maximum absolute atomic E-state index is 11.0. The zero-order chi connectivity index (χ0) is 21.3. The van der Waals surface area contributed by atoms with Crippen LogP contribution in [0.2, 0.25) is 0 Å². The molecule has 0 aromatic heterocycles. The summed E-state index contributed by atoms with van der Waals surface area (Å²) in [5.41, 5.74) is 1.92. The van der Waals surface area contributed by atoms with E-state index >= 15 is 0 Å². The highest BCUT2D eigenvalue weighted by Gasteiger charge is 2.16. The molecule has 7 heteroatoms. The van der Waals surface area contributed by atoms with E-state index in [-0.39, 0.29) is 12.2 Å². The van der Waals surface area contributed by atoms with Gasteiger partial charge in [0.25, 0.3) is 0 Å². The number of hydrogen-bond donors (Lipinski definition) is 3. The molecule has 0 aliphatic heterocycles. The van der Waals surface area contributed by atoms with Crippen LogP contribution in [-0.2, 0) is 17.6 Å². The molecule has 30 heavy (non-hydrogen) atoms. The van der Waals surface area contributed by atoms with Crippen molar-refractivity contribution in [2.45, 2.75) is 18.9 Å². The van der Waals surface area contributed by atoms with Gasteiger partial charge < -0.3 is 19.7 Å². The normalized spacial score (nSPS) is 11.6. The molecule has 0 aliphatic carbocycles. The van der Waals surface area contributed by atoms with Crippen LogP contribution in [0.5, 0.6) is 23.0 Å². The minimum absolute atomic E-state index is 0.193. The van der Waals surface area contributed by atoms with Crippen LogP contribution in [-0.4, -0.2) is 28.8 Å². The third-order valence-corrected chi connectivity index (χ3v) is 4.69. The summed E-state index contributed by atoms with van der Waals surface area (Å²) < 4.78 is 11.6. The SMILES string of the molecule is O=C(O)C(Cc1ccc(OCCc2cccc(Oc3ccc(O)cc3)c2)cc1)NCl. The molecule has 3 rings (SSSR count). The van der Waals surface area contributed by atoms with Crippen LogP contribution in [0.15, 0.2) is 72.8 Å². The summed E-state index contributed by atoms with van der Waals surface area (Å²) in [5.74, 6) is 1.26. The van der Waals surface area contributed by atoms with E-state index in [1.165, 1.54) is 0 Å². The number of hydrogen-bond acceptors (Lipinski definition) is 5. The first-order valence-electron chi connectivity index (χ1n) is 9.40. The molecule has 156 valence electrons. The van der Waals surface area contributed by atoms with Gasteiger partial charge in [-0.1, -0.05) is 24.3 Å². The molecule has 0 bridgehead atoms. The van der Waals surface area contributed by atoms with E-state index in [9.17, 15) is 9.90 Å². The quantitative estimate of drug-likeness (QED) is 0.411. The third kappa shape index (κ3) is 6.40. The van der Waals surface area contributed by atoms with Gasteiger partial charge in [0.2, 0.25) is 0 Å². The smallest absolute Gasteiger partial charge is 0.322 e. The summed E-state index contributed by atoms with van der Waals surface area (Å²) >= 11 is 5.46. The van der Waals surface area contributed by atoms with Crippen molar-refractivity contribution in [3.05, 3.63) is 83.9 Å². The van der Waals surface area contributed by atoms with Crippen molar-refractivity contribution in [1.82, 2.24) is 4.84 Å². The molecule has 3 aromatic rings. The maximum Gasteiger partial charge on any atom is 0.322 e. The number of benzene rings is 3. The topological polar surface area (TPSA) is 88.0 Å². The summed E-state index contributed by atoms with van der Waals surface area (Å²) in [4.78, 5) is 13.3. The van der Waals surface area contributed by atoms with Gasteiger partial charge in [0.05, 0.1) is 6.61 Å². The number of nitrogens with one attached hydrogen (secondary N) is 1. The number of rotatable bonds is 10. The molecule has 3 aromatic carbocycles. The number of ether oxygens (including phenoxy) is 2. The highest BCUT2D eigenvalue weighted by Crippen LogP contribution is 2.24. The van der Waals surface area contributed by atoms with Crippen LogP contribution >= 0.6 is 11.8 Å². The molecule has 0 saturated heterocycles. The average molecular weight is 428 g/mol. The number of aliphatic carboxylic acids is 1. The molecule has 0 spiro atoms. The van der Waals surface area contributed by atoms with Gasteiger partial charge in [0.1, 0.15) is 29.0 Å². The Morgan fingerprint density at radius 1 is 0.933 bits per heavy atom. The predicted molar refractivity (Wildman–Crippen MR) is 114 cm³/mol. The van der Waals surface area contributed by atoms with Gasteiger partial charge in [0, 0.05) is 6.42 Å². The van der Waals surface area contributed by atoms with E-state index in [2.05, 4.69) is 4.84 Å². The predicted octanol–water partition coefficient (Wildman–Crippen LogP) is 4.55. The molecule has 1 unspecified atom stereocenters. The Bertz CT molecular complexity index is 960. The minimum Gasteiger partial charge on any atom is -0.508 e. The fourth-order valence-electron chi connectivity index (χ4n) is 2.83. The molecule has 6 nitrogen and oxygen atoms in total. The molecule has 0 fully saturated rings. The maximum atomic E-state index is 11.0. The minimum atomic E-state index is -0.998. The van der Waals surface area contributed by atoms with Crippen molar-refractivity contribution >= 4 is 17.7 Å². The lowest BCUT2D eigenvalue weighted by molar-refractivity contribution is -0.138. The van der Waals surface area contributed by atoms with Gasteiger partial charge >= 0.3 is 5.97 Å². The highest BCUT2D eigenvalue weighted by molar-refractivity contribution is 6.14. The third-order valence-electron chi connectivity index (χ3n) is 4.42. The van der Waals surface area contributed by atoms with Crippen molar-refractivity contribution in [3.63, 3.8) is 0 Å². The van der Waals surface area contributed by atoms with E-state index in [0.29, 0.717) is 30.3 Å². The molecule has 0 amide bonds. The molecule has 0 saturated carbocycles. The van der Waals surface area contributed by atoms with Crippen LogP contribution in [0.25, 0.3) is 0 Å². The van der Waals surface area contributed by atoms with Crippen LogP contribution in [0.4, 0.5) is 0 Å². The lowest BCUT2D eigenvalue weighted by Crippen LogP contribution is -2.32. The number of carboxylic acids is 1. The standard InChI is InChI=1S/C23H22ClNO5/c24-25-22(23(27)28)15-17-4-8-19(9-5-17)29-13-12-16-2-1-3-21(14-16)30-20-10-6-18(26)7-11-20/h1-11,14,22,25-26H,12-13,15H2,(H,27,28). The van der Waals surface area contributed by atoms with E-state index in [0.717, 1.165) is 11.1 Å². The van der Waals surface area contributed by atoms with Gasteiger partial charge in [-0.3, -0.25) is 4.79 Å². The molecule has 0 radical (unpaired) electrons. The molecule has 3 N–H and O–H groups in total. The Morgan fingerprint density at radius 2 is 1.63 bits per heavy atom. The fourth-order valence-corrected chi connectivity index (χ4v) is 3.00. The lowest BCUT2D eigenvalue weighted by Gasteiger charge is -2.11. The fraction of sp³-hybridized carbons (Fsp3) is 0.174. The van der Waals surface area contributed by atoms with Crippen LogP contribution in [0, 0.1) is 0 Å². The van der Waals surface area contributed by atoms with Crippen LogP contribution in [0.3, 0.4) is 0 Å². The highest BCUT2D eigenvalue weighted by atomic mass is 35.5. The Balaban J connectivity index is 1.50. The summed E-state index contributed by atoms with van der Waals surface area (Å²) in [5, 5.41) is 18.4. The number of carboxylic acid groups (broad SMARTS) is 1. The summed E-state index contributed by atoms with van der Waals surface area (Å²) in [6, 6.07) is 20.7. The number of carbonyl (C=O) groups is 1. The Kier molecular flexibility index (Phi) is 7.54. The van der Waals surface area contributed by atoms with Gasteiger partial charge in [0.15, 0.2) is 0 Å². The Morgan fingerprint density at radius 3 is 2.30 bits per heavy atom. The first-order valence-corrected chi connectivity index (χ1v) is 9.78.